The molecule has 2 heterocycles. The first-order valence-corrected chi connectivity index (χ1v) is 5.09. The molecular weight excluding hydrogens is 222 g/mol. The summed E-state index contributed by atoms with van der Waals surface area (Å²) >= 11 is 0. The van der Waals surface area contributed by atoms with Crippen molar-refractivity contribution in [1.29, 1.82) is 0 Å². The van der Waals surface area contributed by atoms with Crippen LogP contribution in [-0.2, 0) is 11.8 Å². The van der Waals surface area contributed by atoms with Gasteiger partial charge in [-0.2, -0.15) is 5.10 Å². The number of nitrogens with zero attached hydrogens (tertiary/aromatic N) is 3. The van der Waals surface area contributed by atoms with E-state index in [1.165, 1.54) is 7.11 Å². The van der Waals surface area contributed by atoms with E-state index in [-0.39, 0.29) is 0 Å². The molecule has 6 heteroatoms. The van der Waals surface area contributed by atoms with Crippen molar-refractivity contribution in [3.05, 3.63) is 23.2 Å². The van der Waals surface area contributed by atoms with Gasteiger partial charge in [-0.3, -0.25) is 4.68 Å². The first kappa shape index (κ1) is 11.4. The van der Waals surface area contributed by atoms with Crippen LogP contribution in [0.4, 0.5) is 0 Å². The number of rotatable bonds is 2. The maximum atomic E-state index is 11.7. The van der Waals surface area contributed by atoms with Crippen molar-refractivity contribution in [1.82, 2.24) is 14.9 Å². The van der Waals surface area contributed by atoms with E-state index >= 15 is 0 Å². The second kappa shape index (κ2) is 4.04. The standard InChI is InChI=1S/C11H13N3O3/c1-6-8(5-14(3)12-6)10-9(11(15)16-4)7(2)17-13-10/h5H,1-4H3. The van der Waals surface area contributed by atoms with Crippen LogP contribution < -0.4 is 0 Å². The zero-order valence-corrected chi connectivity index (χ0v) is 10.1. The first-order chi connectivity index (χ1) is 8.04. The molecule has 90 valence electrons. The number of carbonyl (C=O) groups is 1. The van der Waals surface area contributed by atoms with Crippen LogP contribution in [0, 0.1) is 13.8 Å². The van der Waals surface area contributed by atoms with Gasteiger partial charge in [0.05, 0.1) is 12.8 Å². The highest BCUT2D eigenvalue weighted by molar-refractivity contribution is 5.97. The van der Waals surface area contributed by atoms with Crippen molar-refractivity contribution in [2.45, 2.75) is 13.8 Å². The predicted molar refractivity (Wildman–Crippen MR) is 59.5 cm³/mol. The number of aryl methyl sites for hydroxylation is 3. The fourth-order valence-electron chi connectivity index (χ4n) is 1.73. The third-order valence-electron chi connectivity index (χ3n) is 2.52. The van der Waals surface area contributed by atoms with Crippen LogP contribution in [0.2, 0.25) is 0 Å². The van der Waals surface area contributed by atoms with Crippen LogP contribution in [0.3, 0.4) is 0 Å². The highest BCUT2D eigenvalue weighted by Gasteiger charge is 2.24. The molecule has 17 heavy (non-hydrogen) atoms. The summed E-state index contributed by atoms with van der Waals surface area (Å²) in [5.74, 6) is -0.0166. The molecule has 0 bridgehead atoms. The molecule has 0 amide bonds. The lowest BCUT2D eigenvalue weighted by Crippen LogP contribution is -2.03. The summed E-state index contributed by atoms with van der Waals surface area (Å²) in [6.45, 7) is 3.52. The Morgan fingerprint density at radius 2 is 2.18 bits per heavy atom. The SMILES string of the molecule is COC(=O)c1c(-c2cn(C)nc2C)noc1C. The molecule has 0 aliphatic rings. The van der Waals surface area contributed by atoms with Gasteiger partial charge in [-0.25, -0.2) is 4.79 Å². The molecule has 6 nitrogen and oxygen atoms in total. The lowest BCUT2D eigenvalue weighted by molar-refractivity contribution is 0.0599. The van der Waals surface area contributed by atoms with Gasteiger partial charge in [0, 0.05) is 18.8 Å². The van der Waals surface area contributed by atoms with Crippen LogP contribution in [0.5, 0.6) is 0 Å². The fraction of sp³-hybridized carbons (Fsp3) is 0.364. The van der Waals surface area contributed by atoms with E-state index in [2.05, 4.69) is 10.3 Å². The molecule has 0 fully saturated rings. The number of hydrogen-bond acceptors (Lipinski definition) is 5. The van der Waals surface area contributed by atoms with E-state index in [9.17, 15) is 4.79 Å². The third-order valence-corrected chi connectivity index (χ3v) is 2.52. The lowest BCUT2D eigenvalue weighted by Gasteiger charge is -1.98. The summed E-state index contributed by atoms with van der Waals surface area (Å²) in [6, 6.07) is 0. The second-order valence-electron chi connectivity index (χ2n) is 3.76. The quantitative estimate of drug-likeness (QED) is 0.737. The summed E-state index contributed by atoms with van der Waals surface area (Å²) < 4.78 is 11.4. The number of carbonyl (C=O) groups excluding carboxylic acids is 1. The van der Waals surface area contributed by atoms with Gasteiger partial charge in [0.2, 0.25) is 0 Å². The van der Waals surface area contributed by atoms with E-state index in [0.29, 0.717) is 17.0 Å². The van der Waals surface area contributed by atoms with Crippen molar-refractivity contribution in [3.8, 4) is 11.3 Å². The highest BCUT2D eigenvalue weighted by Crippen LogP contribution is 2.27. The number of ether oxygens (including phenoxy) is 1. The fourth-order valence-corrected chi connectivity index (χ4v) is 1.73. The normalized spacial score (nSPS) is 10.6. The van der Waals surface area contributed by atoms with E-state index < -0.39 is 5.97 Å². The molecule has 0 atom stereocenters. The largest absolute Gasteiger partial charge is 0.465 e. The van der Waals surface area contributed by atoms with E-state index in [4.69, 9.17) is 9.26 Å². The first-order valence-electron chi connectivity index (χ1n) is 5.09. The molecule has 0 saturated heterocycles. The average Bonchev–Trinajstić information content (AvgIpc) is 2.80. The van der Waals surface area contributed by atoms with Crippen molar-refractivity contribution in [2.75, 3.05) is 7.11 Å². The maximum absolute atomic E-state index is 11.7. The zero-order chi connectivity index (χ0) is 12.6. The van der Waals surface area contributed by atoms with Gasteiger partial charge in [-0.15, -0.1) is 0 Å². The Bertz CT molecular complexity index is 569. The Morgan fingerprint density at radius 3 is 2.71 bits per heavy atom. The van der Waals surface area contributed by atoms with Crippen LogP contribution in [0.15, 0.2) is 10.7 Å². The molecule has 0 aliphatic heterocycles. The van der Waals surface area contributed by atoms with Crippen LogP contribution in [0.1, 0.15) is 21.8 Å². The summed E-state index contributed by atoms with van der Waals surface area (Å²) in [5.41, 5.74) is 2.37. The summed E-state index contributed by atoms with van der Waals surface area (Å²) in [6.07, 6.45) is 1.79. The molecule has 0 aliphatic carbocycles. The molecule has 0 N–H and O–H groups in total. The summed E-state index contributed by atoms with van der Waals surface area (Å²) in [7, 11) is 3.13. The average molecular weight is 235 g/mol. The van der Waals surface area contributed by atoms with Crippen molar-refractivity contribution in [3.63, 3.8) is 0 Å². The van der Waals surface area contributed by atoms with Gasteiger partial charge >= 0.3 is 5.97 Å². The Hall–Kier alpha value is -2.11. The molecule has 2 aromatic rings. The molecule has 0 spiro atoms. The van der Waals surface area contributed by atoms with E-state index in [0.717, 1.165) is 11.3 Å². The maximum Gasteiger partial charge on any atom is 0.343 e. The number of aromatic nitrogens is 3. The molecule has 2 rings (SSSR count). The van der Waals surface area contributed by atoms with Crippen molar-refractivity contribution < 1.29 is 14.1 Å². The predicted octanol–water partition coefficient (Wildman–Crippen LogP) is 1.48. The van der Waals surface area contributed by atoms with Crippen LogP contribution >= 0.6 is 0 Å². The molecule has 2 aromatic heterocycles. The van der Waals surface area contributed by atoms with Crippen LogP contribution in [0.25, 0.3) is 11.3 Å². The number of methoxy groups -OCH3 is 1. The van der Waals surface area contributed by atoms with Gasteiger partial charge in [0.1, 0.15) is 17.0 Å². The Morgan fingerprint density at radius 1 is 1.47 bits per heavy atom. The van der Waals surface area contributed by atoms with Gasteiger partial charge in [-0.05, 0) is 13.8 Å². The van der Waals surface area contributed by atoms with Gasteiger partial charge in [-0.1, -0.05) is 5.16 Å². The molecule has 0 unspecified atom stereocenters. The van der Waals surface area contributed by atoms with E-state index in [1.54, 1.807) is 24.9 Å². The van der Waals surface area contributed by atoms with Gasteiger partial charge < -0.3 is 9.26 Å². The smallest absolute Gasteiger partial charge is 0.343 e. The van der Waals surface area contributed by atoms with Gasteiger partial charge in [0.15, 0.2) is 0 Å². The molecule has 0 radical (unpaired) electrons. The Labute approximate surface area is 98.2 Å². The summed E-state index contributed by atoms with van der Waals surface area (Å²) in [4.78, 5) is 11.7. The minimum atomic E-state index is -0.456. The van der Waals surface area contributed by atoms with Crippen LogP contribution in [-0.4, -0.2) is 28.0 Å². The van der Waals surface area contributed by atoms with Crippen molar-refractivity contribution in [2.24, 2.45) is 7.05 Å². The molecular formula is C11H13N3O3. The Balaban J connectivity index is 2.60. The zero-order valence-electron chi connectivity index (χ0n) is 10.1. The minimum Gasteiger partial charge on any atom is -0.465 e. The second-order valence-corrected chi connectivity index (χ2v) is 3.76. The topological polar surface area (TPSA) is 70.2 Å². The van der Waals surface area contributed by atoms with Crippen molar-refractivity contribution >= 4 is 5.97 Å². The molecule has 0 aromatic carbocycles. The Kier molecular flexibility index (Phi) is 2.71. The minimum absolute atomic E-state index is 0.351. The number of esters is 1. The third kappa shape index (κ3) is 1.82. The number of hydrogen-bond donors (Lipinski definition) is 0. The van der Waals surface area contributed by atoms with Gasteiger partial charge in [0.25, 0.3) is 0 Å². The van der Waals surface area contributed by atoms with E-state index in [1.807, 2.05) is 6.92 Å². The molecule has 0 saturated carbocycles. The lowest BCUT2D eigenvalue weighted by atomic mass is 10.1. The monoisotopic (exact) mass is 235 g/mol. The highest BCUT2D eigenvalue weighted by atomic mass is 16.5. The summed E-state index contributed by atoms with van der Waals surface area (Å²) in [5, 5.41) is 8.11.